The molecule has 0 heterocycles. The Morgan fingerprint density at radius 3 is 2.13 bits per heavy atom. The second-order valence-corrected chi connectivity index (χ2v) is 5.53. The molecule has 0 saturated heterocycles. The van der Waals surface area contributed by atoms with E-state index in [9.17, 15) is 5.11 Å². The number of aliphatic hydroxyl groups excluding tert-OH is 1. The molecule has 0 aromatic rings. The van der Waals surface area contributed by atoms with Crippen molar-refractivity contribution >= 4 is 0 Å². The van der Waals surface area contributed by atoms with Gasteiger partial charge in [0.1, 0.15) is 0 Å². The fraction of sp³-hybridized carbons (Fsp3) is 1.00. The van der Waals surface area contributed by atoms with Crippen molar-refractivity contribution in [2.24, 2.45) is 5.41 Å². The van der Waals surface area contributed by atoms with Crippen LogP contribution in [0.2, 0.25) is 0 Å². The van der Waals surface area contributed by atoms with E-state index in [2.05, 4.69) is 33.0 Å². The third kappa shape index (κ3) is 7.77. The van der Waals surface area contributed by atoms with Crippen LogP contribution in [0.4, 0.5) is 0 Å². The van der Waals surface area contributed by atoms with E-state index in [-0.39, 0.29) is 11.5 Å². The largest absolute Gasteiger partial charge is 0.389 e. The van der Waals surface area contributed by atoms with E-state index < -0.39 is 6.10 Å². The smallest absolute Gasteiger partial charge is 0.0897 e. The summed E-state index contributed by atoms with van der Waals surface area (Å²) in [7, 11) is 0. The van der Waals surface area contributed by atoms with Gasteiger partial charge in [-0.25, -0.2) is 0 Å². The monoisotopic (exact) mass is 217 g/mol. The molecule has 0 aliphatic heterocycles. The maximum absolute atomic E-state index is 9.63. The highest BCUT2D eigenvalue weighted by Crippen LogP contribution is 2.18. The Bertz CT molecular complexity index is 163. The fourth-order valence-corrected chi connectivity index (χ4v) is 0.981. The van der Waals surface area contributed by atoms with Crippen LogP contribution in [0.3, 0.4) is 0 Å². The highest BCUT2D eigenvalue weighted by Gasteiger charge is 2.20. The molecule has 0 amide bonds. The maximum Gasteiger partial charge on any atom is 0.0897 e. The summed E-state index contributed by atoms with van der Waals surface area (Å²) in [4.78, 5) is 0. The van der Waals surface area contributed by atoms with E-state index in [1.165, 1.54) is 0 Å². The van der Waals surface area contributed by atoms with Crippen molar-refractivity contribution in [1.29, 1.82) is 0 Å². The Morgan fingerprint density at radius 2 is 1.73 bits per heavy atom. The Kier molecular flexibility index (Phi) is 6.41. The summed E-state index contributed by atoms with van der Waals surface area (Å²) in [5, 5.41) is 12.9. The lowest BCUT2D eigenvalue weighted by molar-refractivity contribution is 0.00431. The molecule has 15 heavy (non-hydrogen) atoms. The van der Waals surface area contributed by atoms with Gasteiger partial charge < -0.3 is 15.2 Å². The lowest BCUT2D eigenvalue weighted by Gasteiger charge is -2.29. The third-order valence-electron chi connectivity index (χ3n) is 2.58. The lowest BCUT2D eigenvalue weighted by Crippen LogP contribution is -2.42. The number of hydrogen-bond donors (Lipinski definition) is 2. The first-order valence-corrected chi connectivity index (χ1v) is 5.76. The number of ether oxygens (including phenoxy) is 1. The second-order valence-electron chi connectivity index (χ2n) is 5.53. The zero-order valence-corrected chi connectivity index (χ0v) is 11.0. The fourth-order valence-electron chi connectivity index (χ4n) is 0.981. The van der Waals surface area contributed by atoms with Gasteiger partial charge >= 0.3 is 0 Å². The van der Waals surface area contributed by atoms with Gasteiger partial charge in [0.05, 0.1) is 18.8 Å². The summed E-state index contributed by atoms with van der Waals surface area (Å²) < 4.78 is 5.33. The van der Waals surface area contributed by atoms with Gasteiger partial charge in [-0.3, -0.25) is 0 Å². The average Bonchev–Trinajstić information content (AvgIpc) is 2.09. The molecule has 0 fully saturated rings. The molecule has 2 N–H and O–H groups in total. The summed E-state index contributed by atoms with van der Waals surface area (Å²) >= 11 is 0. The lowest BCUT2D eigenvalue weighted by atomic mass is 9.88. The molecule has 0 aliphatic carbocycles. The molecule has 0 aromatic heterocycles. The zero-order valence-electron chi connectivity index (χ0n) is 11.0. The minimum Gasteiger partial charge on any atom is -0.389 e. The van der Waals surface area contributed by atoms with E-state index in [1.807, 2.05) is 13.8 Å². The molecule has 0 aliphatic rings. The average molecular weight is 217 g/mol. The normalized spacial score (nSPS) is 16.8. The van der Waals surface area contributed by atoms with E-state index >= 15 is 0 Å². The molecule has 0 rings (SSSR count). The van der Waals surface area contributed by atoms with Crippen molar-refractivity contribution in [3.63, 3.8) is 0 Å². The molecule has 3 nitrogen and oxygen atoms in total. The molecule has 3 heteroatoms. The number of rotatable bonds is 6. The van der Waals surface area contributed by atoms with Gasteiger partial charge in [-0.05, 0) is 26.2 Å². The van der Waals surface area contributed by atoms with Crippen LogP contribution in [0.1, 0.15) is 41.5 Å². The zero-order chi connectivity index (χ0) is 12.1. The van der Waals surface area contributed by atoms with Crippen LogP contribution in [0, 0.1) is 5.41 Å². The SMILES string of the molecule is CC(C)OC[C@H](O)CN[C@H](C)C(C)(C)C. The van der Waals surface area contributed by atoms with Crippen LogP contribution < -0.4 is 5.32 Å². The van der Waals surface area contributed by atoms with Gasteiger partial charge in [0.15, 0.2) is 0 Å². The van der Waals surface area contributed by atoms with Crippen molar-refractivity contribution in [3.05, 3.63) is 0 Å². The van der Waals surface area contributed by atoms with Crippen molar-refractivity contribution in [2.45, 2.75) is 59.8 Å². The van der Waals surface area contributed by atoms with Crippen LogP contribution >= 0.6 is 0 Å². The first kappa shape index (κ1) is 14.9. The van der Waals surface area contributed by atoms with E-state index in [1.54, 1.807) is 0 Å². The first-order chi connectivity index (χ1) is 6.73. The van der Waals surface area contributed by atoms with Gasteiger partial charge in [0, 0.05) is 12.6 Å². The number of aliphatic hydroxyl groups is 1. The number of nitrogens with one attached hydrogen (secondary N) is 1. The quantitative estimate of drug-likeness (QED) is 0.713. The molecular weight excluding hydrogens is 190 g/mol. The Balaban J connectivity index is 3.66. The Morgan fingerprint density at radius 1 is 1.20 bits per heavy atom. The van der Waals surface area contributed by atoms with Crippen LogP contribution in [-0.2, 0) is 4.74 Å². The molecule has 0 spiro atoms. The minimum absolute atomic E-state index is 0.180. The second kappa shape index (κ2) is 6.46. The summed E-state index contributed by atoms with van der Waals surface area (Å²) in [5.74, 6) is 0. The van der Waals surface area contributed by atoms with Crippen LogP contribution in [-0.4, -0.2) is 36.5 Å². The predicted molar refractivity (Wildman–Crippen MR) is 64.0 cm³/mol. The molecular formula is C12H27NO2. The Hall–Kier alpha value is -0.120. The van der Waals surface area contributed by atoms with Crippen LogP contribution in [0.15, 0.2) is 0 Å². The molecule has 0 bridgehead atoms. The van der Waals surface area contributed by atoms with Gasteiger partial charge in [-0.1, -0.05) is 20.8 Å². The third-order valence-corrected chi connectivity index (χ3v) is 2.58. The number of hydrogen-bond acceptors (Lipinski definition) is 3. The molecule has 2 atom stereocenters. The summed E-state index contributed by atoms with van der Waals surface area (Å²) in [6.07, 6.45) is -0.239. The van der Waals surface area contributed by atoms with Crippen molar-refractivity contribution < 1.29 is 9.84 Å². The highest BCUT2D eigenvalue weighted by molar-refractivity contribution is 4.77. The standard InChI is InChI=1S/C12H27NO2/c1-9(2)15-8-11(14)7-13-10(3)12(4,5)6/h9-11,13-14H,7-8H2,1-6H3/t10-,11-/m1/s1. The van der Waals surface area contributed by atoms with E-state index in [4.69, 9.17) is 4.74 Å². The van der Waals surface area contributed by atoms with Crippen LogP contribution in [0.25, 0.3) is 0 Å². The molecule has 92 valence electrons. The van der Waals surface area contributed by atoms with Gasteiger partial charge in [0.2, 0.25) is 0 Å². The van der Waals surface area contributed by atoms with Gasteiger partial charge in [-0.15, -0.1) is 0 Å². The minimum atomic E-state index is -0.419. The van der Waals surface area contributed by atoms with Gasteiger partial charge in [-0.2, -0.15) is 0 Å². The van der Waals surface area contributed by atoms with Crippen molar-refractivity contribution in [3.8, 4) is 0 Å². The summed E-state index contributed by atoms with van der Waals surface area (Å²) in [6, 6.07) is 0.381. The molecule has 0 saturated carbocycles. The van der Waals surface area contributed by atoms with Gasteiger partial charge in [0.25, 0.3) is 0 Å². The predicted octanol–water partition coefficient (Wildman–Crippen LogP) is 1.80. The topological polar surface area (TPSA) is 41.5 Å². The first-order valence-electron chi connectivity index (χ1n) is 5.76. The van der Waals surface area contributed by atoms with E-state index in [0.717, 1.165) is 0 Å². The Labute approximate surface area is 94.2 Å². The molecule has 0 radical (unpaired) electrons. The van der Waals surface area contributed by atoms with E-state index in [0.29, 0.717) is 19.2 Å². The summed E-state index contributed by atoms with van der Waals surface area (Å²) in [6.45, 7) is 13.6. The maximum atomic E-state index is 9.63. The highest BCUT2D eigenvalue weighted by atomic mass is 16.5. The molecule has 0 aromatic carbocycles. The molecule has 0 unspecified atom stereocenters. The summed E-state index contributed by atoms with van der Waals surface area (Å²) in [5.41, 5.74) is 0.221. The van der Waals surface area contributed by atoms with Crippen LogP contribution in [0.5, 0.6) is 0 Å². The van der Waals surface area contributed by atoms with Crippen molar-refractivity contribution in [2.75, 3.05) is 13.2 Å². The van der Waals surface area contributed by atoms with Crippen molar-refractivity contribution in [1.82, 2.24) is 5.32 Å².